The Morgan fingerprint density at radius 2 is 1.88 bits per heavy atom. The standard InChI is InChI=1S/C16H26N4O3S/c1-13-9-17-19(10-13)12-16(21)18-6-3-15(11-18)14-4-7-20(8-5-14)24(2,22)23/h9-10,14-15H,3-8,11-12H2,1-2H3. The number of rotatable bonds is 4. The van der Waals surface area contributed by atoms with Crippen LogP contribution in [0.4, 0.5) is 0 Å². The van der Waals surface area contributed by atoms with Crippen molar-refractivity contribution in [1.82, 2.24) is 19.0 Å². The van der Waals surface area contributed by atoms with Gasteiger partial charge in [-0.25, -0.2) is 12.7 Å². The lowest BCUT2D eigenvalue weighted by atomic mass is 9.84. The lowest BCUT2D eigenvalue weighted by Crippen LogP contribution is -2.40. The molecule has 2 aliphatic rings. The SMILES string of the molecule is Cc1cnn(CC(=O)N2CCC(C3CCN(S(C)(=O)=O)CC3)C2)c1. The van der Waals surface area contributed by atoms with Crippen LogP contribution >= 0.6 is 0 Å². The molecule has 0 saturated carbocycles. The highest BCUT2D eigenvalue weighted by molar-refractivity contribution is 7.88. The molecule has 0 bridgehead atoms. The first-order chi connectivity index (χ1) is 11.3. The Hall–Kier alpha value is -1.41. The van der Waals surface area contributed by atoms with Gasteiger partial charge in [-0.05, 0) is 43.6 Å². The normalized spacial score (nSPS) is 23.8. The number of carbonyl (C=O) groups is 1. The van der Waals surface area contributed by atoms with Crippen molar-refractivity contribution in [3.8, 4) is 0 Å². The van der Waals surface area contributed by atoms with Crippen LogP contribution in [0.1, 0.15) is 24.8 Å². The van der Waals surface area contributed by atoms with E-state index in [-0.39, 0.29) is 5.91 Å². The molecule has 2 aliphatic heterocycles. The molecule has 1 aromatic rings. The van der Waals surface area contributed by atoms with E-state index in [0.717, 1.165) is 37.9 Å². The largest absolute Gasteiger partial charge is 0.341 e. The molecule has 0 aliphatic carbocycles. The molecule has 24 heavy (non-hydrogen) atoms. The van der Waals surface area contributed by atoms with E-state index in [0.29, 0.717) is 31.5 Å². The Bertz CT molecular complexity index is 692. The molecule has 7 nitrogen and oxygen atoms in total. The summed E-state index contributed by atoms with van der Waals surface area (Å²) in [5.41, 5.74) is 1.06. The van der Waals surface area contributed by atoms with Gasteiger partial charge in [0.2, 0.25) is 15.9 Å². The maximum Gasteiger partial charge on any atom is 0.244 e. The van der Waals surface area contributed by atoms with Gasteiger partial charge in [0.15, 0.2) is 0 Å². The number of amides is 1. The van der Waals surface area contributed by atoms with Crippen LogP contribution < -0.4 is 0 Å². The topological polar surface area (TPSA) is 75.5 Å². The number of hydrogen-bond acceptors (Lipinski definition) is 4. The lowest BCUT2D eigenvalue weighted by Gasteiger charge is -2.33. The van der Waals surface area contributed by atoms with Crippen molar-refractivity contribution in [3.05, 3.63) is 18.0 Å². The molecular formula is C16H26N4O3S. The van der Waals surface area contributed by atoms with Crippen molar-refractivity contribution in [2.24, 2.45) is 11.8 Å². The van der Waals surface area contributed by atoms with Gasteiger partial charge in [0.05, 0.1) is 12.5 Å². The van der Waals surface area contributed by atoms with Gasteiger partial charge in [-0.2, -0.15) is 5.10 Å². The van der Waals surface area contributed by atoms with Gasteiger partial charge in [0, 0.05) is 32.4 Å². The smallest absolute Gasteiger partial charge is 0.244 e. The highest BCUT2D eigenvalue weighted by atomic mass is 32.2. The second-order valence-corrected chi connectivity index (χ2v) is 9.09. The van der Waals surface area contributed by atoms with Crippen LogP contribution in [0, 0.1) is 18.8 Å². The van der Waals surface area contributed by atoms with E-state index in [1.54, 1.807) is 15.2 Å². The molecule has 0 spiro atoms. The molecule has 1 atom stereocenters. The van der Waals surface area contributed by atoms with Crippen molar-refractivity contribution in [3.63, 3.8) is 0 Å². The molecule has 3 heterocycles. The summed E-state index contributed by atoms with van der Waals surface area (Å²) < 4.78 is 26.5. The summed E-state index contributed by atoms with van der Waals surface area (Å²) in [6.45, 7) is 5.08. The number of aryl methyl sites for hydroxylation is 1. The average Bonchev–Trinajstić information content (AvgIpc) is 3.16. The highest BCUT2D eigenvalue weighted by Crippen LogP contribution is 2.32. The van der Waals surface area contributed by atoms with Gasteiger partial charge in [0.1, 0.15) is 6.54 Å². The highest BCUT2D eigenvalue weighted by Gasteiger charge is 2.35. The molecule has 1 unspecified atom stereocenters. The van der Waals surface area contributed by atoms with Crippen molar-refractivity contribution < 1.29 is 13.2 Å². The van der Waals surface area contributed by atoms with Crippen molar-refractivity contribution in [2.45, 2.75) is 32.7 Å². The lowest BCUT2D eigenvalue weighted by molar-refractivity contribution is -0.131. The van der Waals surface area contributed by atoms with Crippen LogP contribution in [0.5, 0.6) is 0 Å². The monoisotopic (exact) mass is 354 g/mol. The second kappa shape index (κ2) is 6.84. The molecule has 2 saturated heterocycles. The number of piperidine rings is 1. The summed E-state index contributed by atoms with van der Waals surface area (Å²) in [5, 5.41) is 4.17. The zero-order valence-corrected chi connectivity index (χ0v) is 15.2. The molecule has 134 valence electrons. The summed E-state index contributed by atoms with van der Waals surface area (Å²) in [4.78, 5) is 14.3. The van der Waals surface area contributed by atoms with Gasteiger partial charge in [-0.15, -0.1) is 0 Å². The zero-order chi connectivity index (χ0) is 17.3. The van der Waals surface area contributed by atoms with E-state index in [1.807, 2.05) is 18.0 Å². The minimum Gasteiger partial charge on any atom is -0.341 e. The Labute approximate surface area is 143 Å². The van der Waals surface area contributed by atoms with Gasteiger partial charge in [-0.1, -0.05) is 0 Å². The fraction of sp³-hybridized carbons (Fsp3) is 0.750. The third-order valence-corrected chi connectivity index (χ3v) is 6.57. The first-order valence-corrected chi connectivity index (χ1v) is 10.4. The molecule has 0 aromatic carbocycles. The maximum atomic E-state index is 12.4. The van der Waals surface area contributed by atoms with Crippen molar-refractivity contribution in [2.75, 3.05) is 32.4 Å². The quantitative estimate of drug-likeness (QED) is 0.798. The van der Waals surface area contributed by atoms with Crippen LogP contribution in [-0.4, -0.2) is 65.7 Å². The molecule has 1 amide bonds. The van der Waals surface area contributed by atoms with Crippen LogP contribution in [0.15, 0.2) is 12.4 Å². The van der Waals surface area contributed by atoms with E-state index in [2.05, 4.69) is 5.10 Å². The first kappa shape index (κ1) is 17.4. The minimum atomic E-state index is -3.07. The number of sulfonamides is 1. The van der Waals surface area contributed by atoms with E-state index in [4.69, 9.17) is 0 Å². The first-order valence-electron chi connectivity index (χ1n) is 8.55. The van der Waals surface area contributed by atoms with Gasteiger partial charge in [-0.3, -0.25) is 9.48 Å². The van der Waals surface area contributed by atoms with Gasteiger partial charge < -0.3 is 4.90 Å². The molecular weight excluding hydrogens is 328 g/mol. The Morgan fingerprint density at radius 3 is 2.46 bits per heavy atom. The average molecular weight is 354 g/mol. The van der Waals surface area contributed by atoms with Gasteiger partial charge >= 0.3 is 0 Å². The van der Waals surface area contributed by atoms with Crippen molar-refractivity contribution in [1.29, 1.82) is 0 Å². The van der Waals surface area contributed by atoms with Crippen LogP contribution in [0.3, 0.4) is 0 Å². The number of hydrogen-bond donors (Lipinski definition) is 0. The van der Waals surface area contributed by atoms with E-state index in [1.165, 1.54) is 6.26 Å². The fourth-order valence-corrected chi connectivity index (χ4v) is 4.74. The number of aromatic nitrogens is 2. The van der Waals surface area contributed by atoms with E-state index in [9.17, 15) is 13.2 Å². The Balaban J connectivity index is 1.50. The summed E-state index contributed by atoms with van der Waals surface area (Å²) in [6.07, 6.45) is 7.74. The minimum absolute atomic E-state index is 0.120. The molecule has 0 N–H and O–H groups in total. The molecule has 2 fully saturated rings. The zero-order valence-electron chi connectivity index (χ0n) is 14.4. The fourth-order valence-electron chi connectivity index (χ4n) is 3.87. The predicted octanol–water partition coefficient (Wildman–Crippen LogP) is 0.712. The summed E-state index contributed by atoms with van der Waals surface area (Å²) in [5.74, 6) is 1.14. The third kappa shape index (κ3) is 3.97. The number of likely N-dealkylation sites (tertiary alicyclic amines) is 1. The molecule has 1 aromatic heterocycles. The summed E-state index contributed by atoms with van der Waals surface area (Å²) in [7, 11) is -3.07. The summed E-state index contributed by atoms with van der Waals surface area (Å²) >= 11 is 0. The number of carbonyl (C=O) groups excluding carboxylic acids is 1. The van der Waals surface area contributed by atoms with Crippen LogP contribution in [0.2, 0.25) is 0 Å². The van der Waals surface area contributed by atoms with Crippen LogP contribution in [-0.2, 0) is 21.4 Å². The molecule has 8 heteroatoms. The van der Waals surface area contributed by atoms with Crippen LogP contribution in [0.25, 0.3) is 0 Å². The second-order valence-electron chi connectivity index (χ2n) is 7.10. The summed E-state index contributed by atoms with van der Waals surface area (Å²) in [6, 6.07) is 0. The maximum absolute atomic E-state index is 12.4. The van der Waals surface area contributed by atoms with E-state index < -0.39 is 10.0 Å². The molecule has 3 rings (SSSR count). The van der Waals surface area contributed by atoms with Gasteiger partial charge in [0.25, 0.3) is 0 Å². The number of nitrogens with zero attached hydrogens (tertiary/aromatic N) is 4. The Morgan fingerprint density at radius 1 is 1.21 bits per heavy atom. The predicted molar refractivity (Wildman–Crippen MR) is 90.8 cm³/mol. The van der Waals surface area contributed by atoms with E-state index >= 15 is 0 Å². The van der Waals surface area contributed by atoms with Crippen molar-refractivity contribution >= 4 is 15.9 Å². The molecule has 0 radical (unpaired) electrons. The third-order valence-electron chi connectivity index (χ3n) is 5.27. The Kier molecular flexibility index (Phi) is 4.96.